The quantitative estimate of drug-likeness (QED) is 0.691. The monoisotopic (exact) mass is 211 g/mol. The van der Waals surface area contributed by atoms with Gasteiger partial charge in [0.1, 0.15) is 0 Å². The summed E-state index contributed by atoms with van der Waals surface area (Å²) < 4.78 is 0. The number of amides is 2. The van der Waals surface area contributed by atoms with E-state index >= 15 is 0 Å². The standard InChI is InChI=1S/C9H10ClN3O/c10-7-5-6(11)1-2-8(7)13-4-3-12-9(13)14/h1-2,5H,3-4,11H2,(H,12,14). The Morgan fingerprint density at radius 1 is 1.50 bits per heavy atom. The highest BCUT2D eigenvalue weighted by Crippen LogP contribution is 2.28. The van der Waals surface area contributed by atoms with Crippen LogP contribution in [0.1, 0.15) is 0 Å². The molecule has 1 aliphatic rings. The van der Waals surface area contributed by atoms with Crippen molar-refractivity contribution >= 4 is 29.0 Å². The first-order valence-electron chi connectivity index (χ1n) is 4.29. The number of halogens is 1. The van der Waals surface area contributed by atoms with Crippen LogP contribution < -0.4 is 16.0 Å². The predicted octanol–water partition coefficient (Wildman–Crippen LogP) is 1.45. The largest absolute Gasteiger partial charge is 0.399 e. The van der Waals surface area contributed by atoms with E-state index in [1.54, 1.807) is 23.1 Å². The maximum atomic E-state index is 11.3. The van der Waals surface area contributed by atoms with Crippen molar-refractivity contribution in [2.24, 2.45) is 0 Å². The maximum Gasteiger partial charge on any atom is 0.322 e. The third-order valence-corrected chi connectivity index (χ3v) is 2.42. The molecule has 1 fully saturated rings. The molecular formula is C9H10ClN3O. The van der Waals surface area contributed by atoms with Crippen molar-refractivity contribution in [3.05, 3.63) is 23.2 Å². The zero-order chi connectivity index (χ0) is 10.1. The molecule has 1 saturated heterocycles. The molecular weight excluding hydrogens is 202 g/mol. The van der Waals surface area contributed by atoms with Crippen LogP contribution in [0.5, 0.6) is 0 Å². The molecule has 1 aromatic rings. The Kier molecular flexibility index (Phi) is 2.21. The minimum absolute atomic E-state index is 0.114. The van der Waals surface area contributed by atoms with Crippen LogP contribution in [0.2, 0.25) is 5.02 Å². The van der Waals surface area contributed by atoms with Gasteiger partial charge in [0.15, 0.2) is 0 Å². The first kappa shape index (κ1) is 9.15. The molecule has 0 aromatic heterocycles. The Morgan fingerprint density at radius 3 is 2.86 bits per heavy atom. The first-order chi connectivity index (χ1) is 6.68. The minimum Gasteiger partial charge on any atom is -0.399 e. The van der Waals surface area contributed by atoms with Gasteiger partial charge in [0.25, 0.3) is 0 Å². The average molecular weight is 212 g/mol. The molecule has 5 heteroatoms. The summed E-state index contributed by atoms with van der Waals surface area (Å²) in [5, 5.41) is 3.21. The fourth-order valence-electron chi connectivity index (χ4n) is 1.44. The molecule has 0 spiro atoms. The molecule has 0 atom stereocenters. The molecule has 74 valence electrons. The highest BCUT2D eigenvalue weighted by atomic mass is 35.5. The number of nitrogens with one attached hydrogen (secondary N) is 1. The molecule has 0 unspecified atom stereocenters. The number of carbonyl (C=O) groups excluding carboxylic acids is 1. The van der Waals surface area contributed by atoms with Crippen molar-refractivity contribution in [2.75, 3.05) is 23.7 Å². The summed E-state index contributed by atoms with van der Waals surface area (Å²) in [6.07, 6.45) is 0. The van der Waals surface area contributed by atoms with Gasteiger partial charge in [0, 0.05) is 18.8 Å². The topological polar surface area (TPSA) is 58.4 Å². The molecule has 2 rings (SSSR count). The van der Waals surface area contributed by atoms with Crippen molar-refractivity contribution in [1.29, 1.82) is 0 Å². The first-order valence-corrected chi connectivity index (χ1v) is 4.66. The van der Waals surface area contributed by atoms with E-state index in [1.807, 2.05) is 0 Å². The SMILES string of the molecule is Nc1ccc(N2CCNC2=O)c(Cl)c1. The molecule has 1 heterocycles. The number of hydrogen-bond acceptors (Lipinski definition) is 2. The number of nitrogens with zero attached hydrogens (tertiary/aromatic N) is 1. The summed E-state index contributed by atoms with van der Waals surface area (Å²) in [6, 6.07) is 5.01. The lowest BCUT2D eigenvalue weighted by molar-refractivity contribution is 0.252. The smallest absolute Gasteiger partial charge is 0.322 e. The normalized spacial score (nSPS) is 15.8. The molecule has 14 heavy (non-hydrogen) atoms. The van der Waals surface area contributed by atoms with E-state index < -0.39 is 0 Å². The van der Waals surface area contributed by atoms with E-state index in [-0.39, 0.29) is 6.03 Å². The van der Waals surface area contributed by atoms with Gasteiger partial charge in [-0.15, -0.1) is 0 Å². The summed E-state index contributed by atoms with van der Waals surface area (Å²) in [6.45, 7) is 1.29. The molecule has 1 aromatic carbocycles. The van der Waals surface area contributed by atoms with E-state index in [4.69, 9.17) is 17.3 Å². The number of anilines is 2. The molecule has 0 aliphatic carbocycles. The fourth-order valence-corrected chi connectivity index (χ4v) is 1.73. The second-order valence-electron chi connectivity index (χ2n) is 3.09. The Hall–Kier alpha value is -1.42. The van der Waals surface area contributed by atoms with Gasteiger partial charge in [-0.05, 0) is 18.2 Å². The van der Waals surface area contributed by atoms with Gasteiger partial charge in [0.2, 0.25) is 0 Å². The number of carbonyl (C=O) groups is 1. The molecule has 2 amide bonds. The zero-order valence-corrected chi connectivity index (χ0v) is 8.21. The van der Waals surface area contributed by atoms with Crippen molar-refractivity contribution in [3.8, 4) is 0 Å². The number of nitrogens with two attached hydrogens (primary N) is 1. The van der Waals surface area contributed by atoms with Crippen molar-refractivity contribution < 1.29 is 4.79 Å². The van der Waals surface area contributed by atoms with Gasteiger partial charge < -0.3 is 11.1 Å². The van der Waals surface area contributed by atoms with Crippen LogP contribution in [0, 0.1) is 0 Å². The van der Waals surface area contributed by atoms with Gasteiger partial charge in [0.05, 0.1) is 10.7 Å². The van der Waals surface area contributed by atoms with Crippen molar-refractivity contribution in [1.82, 2.24) is 5.32 Å². The molecule has 3 N–H and O–H groups in total. The van der Waals surface area contributed by atoms with E-state index in [9.17, 15) is 4.79 Å². The van der Waals surface area contributed by atoms with Crippen molar-refractivity contribution in [2.45, 2.75) is 0 Å². The van der Waals surface area contributed by atoms with Crippen LogP contribution in [0.3, 0.4) is 0 Å². The summed E-state index contributed by atoms with van der Waals surface area (Å²) in [5.41, 5.74) is 6.86. The Morgan fingerprint density at radius 2 is 2.29 bits per heavy atom. The second kappa shape index (κ2) is 3.38. The van der Waals surface area contributed by atoms with Crippen LogP contribution in [0.25, 0.3) is 0 Å². The molecule has 4 nitrogen and oxygen atoms in total. The zero-order valence-electron chi connectivity index (χ0n) is 7.46. The number of benzene rings is 1. The molecule has 0 radical (unpaired) electrons. The number of hydrogen-bond donors (Lipinski definition) is 2. The van der Waals surface area contributed by atoms with Gasteiger partial charge in [-0.3, -0.25) is 4.90 Å². The summed E-state index contributed by atoms with van der Waals surface area (Å²) in [5.74, 6) is 0. The van der Waals surface area contributed by atoms with Crippen LogP contribution in [0.4, 0.5) is 16.2 Å². The summed E-state index contributed by atoms with van der Waals surface area (Å²) in [4.78, 5) is 12.9. The van der Waals surface area contributed by atoms with Crippen LogP contribution in [-0.2, 0) is 0 Å². The number of nitrogen functional groups attached to an aromatic ring is 1. The van der Waals surface area contributed by atoms with Crippen LogP contribution >= 0.6 is 11.6 Å². The molecule has 0 saturated carbocycles. The highest BCUT2D eigenvalue weighted by Gasteiger charge is 2.22. The van der Waals surface area contributed by atoms with E-state index in [0.29, 0.717) is 29.5 Å². The van der Waals surface area contributed by atoms with Crippen LogP contribution in [-0.4, -0.2) is 19.1 Å². The highest BCUT2D eigenvalue weighted by molar-refractivity contribution is 6.34. The number of rotatable bonds is 1. The maximum absolute atomic E-state index is 11.3. The van der Waals surface area contributed by atoms with Gasteiger partial charge in [-0.25, -0.2) is 4.79 Å². The third-order valence-electron chi connectivity index (χ3n) is 2.12. The summed E-state index contributed by atoms with van der Waals surface area (Å²) >= 11 is 5.97. The Labute approximate surface area is 86.6 Å². The Balaban J connectivity index is 2.36. The Bertz CT molecular complexity index is 380. The molecule has 1 aliphatic heterocycles. The molecule has 0 bridgehead atoms. The van der Waals surface area contributed by atoms with E-state index in [0.717, 1.165) is 0 Å². The lowest BCUT2D eigenvalue weighted by atomic mass is 10.2. The van der Waals surface area contributed by atoms with Gasteiger partial charge in [-0.1, -0.05) is 11.6 Å². The third kappa shape index (κ3) is 1.48. The minimum atomic E-state index is -0.114. The van der Waals surface area contributed by atoms with E-state index in [1.165, 1.54) is 0 Å². The fraction of sp³-hybridized carbons (Fsp3) is 0.222. The number of urea groups is 1. The summed E-state index contributed by atoms with van der Waals surface area (Å²) in [7, 11) is 0. The van der Waals surface area contributed by atoms with Crippen LogP contribution in [0.15, 0.2) is 18.2 Å². The second-order valence-corrected chi connectivity index (χ2v) is 3.50. The lowest BCUT2D eigenvalue weighted by Crippen LogP contribution is -2.27. The van der Waals surface area contributed by atoms with Gasteiger partial charge in [-0.2, -0.15) is 0 Å². The van der Waals surface area contributed by atoms with E-state index in [2.05, 4.69) is 5.32 Å². The lowest BCUT2D eigenvalue weighted by Gasteiger charge is -2.15. The van der Waals surface area contributed by atoms with Crippen molar-refractivity contribution in [3.63, 3.8) is 0 Å². The predicted molar refractivity (Wildman–Crippen MR) is 56.6 cm³/mol. The van der Waals surface area contributed by atoms with Gasteiger partial charge >= 0.3 is 6.03 Å². The average Bonchev–Trinajstić information content (AvgIpc) is 2.52.